The first kappa shape index (κ1) is 25.4. The van der Waals surface area contributed by atoms with Crippen molar-refractivity contribution >= 4 is 35.2 Å². The fourth-order valence-electron chi connectivity index (χ4n) is 4.50. The zero-order valence-corrected chi connectivity index (χ0v) is 20.2. The van der Waals surface area contributed by atoms with Crippen LogP contribution in [0.3, 0.4) is 0 Å². The van der Waals surface area contributed by atoms with Gasteiger partial charge in [0.25, 0.3) is 5.91 Å². The number of carbonyl (C=O) groups excluding carboxylic acids is 3. The summed E-state index contributed by atoms with van der Waals surface area (Å²) in [6.07, 6.45) is 4.25. The van der Waals surface area contributed by atoms with Crippen molar-refractivity contribution in [2.75, 3.05) is 36.5 Å². The Bertz CT molecular complexity index is 1140. The van der Waals surface area contributed by atoms with Gasteiger partial charge in [0.2, 0.25) is 5.91 Å². The Morgan fingerprint density at radius 1 is 1.14 bits per heavy atom. The standard InChI is InChI=1S/C27H30FN3O5/c1-18-14-21(30-12-2-3-13-30)9-10-23(18)29-25(33)17-36-27(35)24-15-22(32)16-31(24)26(34)11-6-19-4-7-20(28)8-5-19/h4-11,14,22,24,32H,2-3,12-13,15-17H2,1H3,(H,29,33)/b11-6+. The van der Waals surface area contributed by atoms with Gasteiger partial charge in [-0.3, -0.25) is 9.59 Å². The molecule has 2 fully saturated rings. The summed E-state index contributed by atoms with van der Waals surface area (Å²) < 4.78 is 18.2. The first-order valence-corrected chi connectivity index (χ1v) is 12.0. The van der Waals surface area contributed by atoms with Crippen molar-refractivity contribution in [3.63, 3.8) is 0 Å². The van der Waals surface area contributed by atoms with Crippen molar-refractivity contribution < 1.29 is 28.6 Å². The molecule has 2 amide bonds. The van der Waals surface area contributed by atoms with Crippen LogP contribution in [-0.4, -0.2) is 66.2 Å². The maximum atomic E-state index is 13.1. The Morgan fingerprint density at radius 2 is 1.86 bits per heavy atom. The third kappa shape index (κ3) is 6.28. The molecule has 2 aliphatic rings. The van der Waals surface area contributed by atoms with Gasteiger partial charge in [0.05, 0.1) is 6.10 Å². The van der Waals surface area contributed by atoms with E-state index in [-0.39, 0.29) is 18.8 Å². The molecule has 2 aromatic carbocycles. The van der Waals surface area contributed by atoms with Gasteiger partial charge in [0.1, 0.15) is 11.9 Å². The summed E-state index contributed by atoms with van der Waals surface area (Å²) in [5, 5.41) is 12.8. The number of aryl methyl sites for hydroxylation is 1. The quantitative estimate of drug-likeness (QED) is 0.453. The summed E-state index contributed by atoms with van der Waals surface area (Å²) in [6.45, 7) is 3.42. The number of β-amino-alcohol motifs (C(OH)–C–C–N with tert-alkyl or cyclic N) is 1. The van der Waals surface area contributed by atoms with Crippen LogP contribution in [0.5, 0.6) is 0 Å². The Balaban J connectivity index is 1.31. The number of anilines is 2. The number of hydrogen-bond acceptors (Lipinski definition) is 6. The zero-order chi connectivity index (χ0) is 25.7. The summed E-state index contributed by atoms with van der Waals surface area (Å²) in [6, 6.07) is 10.4. The van der Waals surface area contributed by atoms with Gasteiger partial charge in [-0.15, -0.1) is 0 Å². The number of likely N-dealkylation sites (tertiary alicyclic amines) is 1. The molecule has 2 unspecified atom stereocenters. The molecule has 0 radical (unpaired) electrons. The van der Waals surface area contributed by atoms with E-state index in [9.17, 15) is 23.9 Å². The first-order chi connectivity index (χ1) is 17.3. The van der Waals surface area contributed by atoms with E-state index in [4.69, 9.17) is 4.74 Å². The van der Waals surface area contributed by atoms with Gasteiger partial charge in [0, 0.05) is 43.5 Å². The number of esters is 1. The summed E-state index contributed by atoms with van der Waals surface area (Å²) >= 11 is 0. The van der Waals surface area contributed by atoms with Crippen LogP contribution in [-0.2, 0) is 19.1 Å². The van der Waals surface area contributed by atoms with Crippen molar-refractivity contribution in [2.24, 2.45) is 0 Å². The summed E-state index contributed by atoms with van der Waals surface area (Å²) in [5.74, 6) is -2.13. The number of nitrogens with one attached hydrogen (secondary N) is 1. The van der Waals surface area contributed by atoms with Crippen molar-refractivity contribution in [2.45, 2.75) is 38.3 Å². The molecule has 0 bridgehead atoms. The summed E-state index contributed by atoms with van der Waals surface area (Å²) in [5.41, 5.74) is 3.28. The molecule has 2 heterocycles. The van der Waals surface area contributed by atoms with E-state index in [1.54, 1.807) is 0 Å². The normalized spacial score (nSPS) is 19.6. The van der Waals surface area contributed by atoms with Crippen molar-refractivity contribution in [1.29, 1.82) is 0 Å². The minimum atomic E-state index is -1.00. The minimum Gasteiger partial charge on any atom is -0.454 e. The lowest BCUT2D eigenvalue weighted by Gasteiger charge is -2.21. The number of hydrogen-bond donors (Lipinski definition) is 2. The van der Waals surface area contributed by atoms with Crippen LogP contribution < -0.4 is 10.2 Å². The van der Waals surface area contributed by atoms with Crippen molar-refractivity contribution in [3.8, 4) is 0 Å². The van der Waals surface area contributed by atoms with Gasteiger partial charge in [-0.2, -0.15) is 0 Å². The fraction of sp³-hybridized carbons (Fsp3) is 0.370. The van der Waals surface area contributed by atoms with Gasteiger partial charge in [0.15, 0.2) is 6.61 Å². The minimum absolute atomic E-state index is 0.0215. The average molecular weight is 496 g/mol. The SMILES string of the molecule is Cc1cc(N2CCCC2)ccc1NC(=O)COC(=O)C1CC(O)CN1C(=O)/C=C/c1ccc(F)cc1. The summed E-state index contributed by atoms with van der Waals surface area (Å²) in [4.78, 5) is 41.2. The van der Waals surface area contributed by atoms with Crippen molar-refractivity contribution in [3.05, 3.63) is 65.5 Å². The number of amides is 2. The lowest BCUT2D eigenvalue weighted by atomic mass is 10.1. The monoisotopic (exact) mass is 495 g/mol. The van der Waals surface area contributed by atoms with Crippen LogP contribution in [0.15, 0.2) is 48.5 Å². The molecule has 2 atom stereocenters. The molecule has 0 aliphatic carbocycles. The van der Waals surface area contributed by atoms with Gasteiger partial charge in [-0.05, 0) is 67.3 Å². The molecule has 36 heavy (non-hydrogen) atoms. The van der Waals surface area contributed by atoms with Gasteiger partial charge >= 0.3 is 5.97 Å². The number of rotatable bonds is 7. The third-order valence-corrected chi connectivity index (χ3v) is 6.42. The molecule has 0 spiro atoms. The highest BCUT2D eigenvalue weighted by Crippen LogP contribution is 2.26. The van der Waals surface area contributed by atoms with E-state index < -0.39 is 36.5 Å². The molecular formula is C27H30FN3O5. The molecule has 190 valence electrons. The van der Waals surface area contributed by atoms with Crippen LogP contribution in [0, 0.1) is 12.7 Å². The second-order valence-corrected chi connectivity index (χ2v) is 9.13. The fourth-order valence-corrected chi connectivity index (χ4v) is 4.50. The largest absolute Gasteiger partial charge is 0.454 e. The smallest absolute Gasteiger partial charge is 0.329 e. The Hall–Kier alpha value is -3.72. The maximum Gasteiger partial charge on any atom is 0.329 e. The van der Waals surface area contributed by atoms with E-state index in [1.807, 2.05) is 25.1 Å². The highest BCUT2D eigenvalue weighted by molar-refractivity contribution is 5.96. The number of benzene rings is 2. The Labute approximate surface area is 209 Å². The number of aliphatic hydroxyl groups is 1. The molecular weight excluding hydrogens is 465 g/mol. The van der Waals surface area contributed by atoms with Crippen LogP contribution >= 0.6 is 0 Å². The van der Waals surface area contributed by atoms with Gasteiger partial charge < -0.3 is 25.0 Å². The van der Waals surface area contributed by atoms with E-state index in [2.05, 4.69) is 10.2 Å². The molecule has 2 aliphatic heterocycles. The van der Waals surface area contributed by atoms with Gasteiger partial charge in [-0.25, -0.2) is 9.18 Å². The predicted octanol–water partition coefficient (Wildman–Crippen LogP) is 2.89. The van der Waals surface area contributed by atoms with Crippen LogP contribution in [0.25, 0.3) is 6.08 Å². The number of nitrogens with zero attached hydrogens (tertiary/aromatic N) is 2. The number of carbonyl (C=O) groups is 3. The topological polar surface area (TPSA) is 99.2 Å². The zero-order valence-electron chi connectivity index (χ0n) is 20.2. The number of aliphatic hydroxyl groups excluding tert-OH is 1. The van der Waals surface area contributed by atoms with Crippen LogP contribution in [0.1, 0.15) is 30.4 Å². The highest BCUT2D eigenvalue weighted by Gasteiger charge is 2.39. The van der Waals surface area contributed by atoms with E-state index in [0.29, 0.717) is 11.3 Å². The molecule has 0 aromatic heterocycles. The molecule has 8 nitrogen and oxygen atoms in total. The lowest BCUT2D eigenvalue weighted by molar-refractivity contribution is -0.154. The molecule has 2 saturated heterocycles. The second-order valence-electron chi connectivity index (χ2n) is 9.13. The lowest BCUT2D eigenvalue weighted by Crippen LogP contribution is -2.41. The number of halogens is 1. The second kappa shape index (κ2) is 11.3. The Kier molecular flexibility index (Phi) is 8.00. The predicted molar refractivity (Wildman–Crippen MR) is 134 cm³/mol. The maximum absolute atomic E-state index is 13.1. The van der Waals surface area contributed by atoms with Crippen LogP contribution in [0.4, 0.5) is 15.8 Å². The van der Waals surface area contributed by atoms with Gasteiger partial charge in [-0.1, -0.05) is 12.1 Å². The van der Waals surface area contributed by atoms with E-state index >= 15 is 0 Å². The van der Waals surface area contributed by atoms with Crippen LogP contribution in [0.2, 0.25) is 0 Å². The first-order valence-electron chi connectivity index (χ1n) is 12.0. The summed E-state index contributed by atoms with van der Waals surface area (Å²) in [7, 11) is 0. The molecule has 2 N–H and O–H groups in total. The molecule has 9 heteroatoms. The Morgan fingerprint density at radius 3 is 2.56 bits per heavy atom. The molecule has 0 saturated carbocycles. The highest BCUT2D eigenvalue weighted by atomic mass is 19.1. The average Bonchev–Trinajstić information content (AvgIpc) is 3.53. The van der Waals surface area contributed by atoms with Crippen molar-refractivity contribution in [1.82, 2.24) is 4.90 Å². The number of ether oxygens (including phenoxy) is 1. The third-order valence-electron chi connectivity index (χ3n) is 6.42. The molecule has 4 rings (SSSR count). The molecule has 2 aromatic rings. The van der Waals surface area contributed by atoms with E-state index in [1.165, 1.54) is 54.2 Å². The van der Waals surface area contributed by atoms with E-state index in [0.717, 1.165) is 24.3 Å².